The Morgan fingerprint density at radius 3 is 2.55 bits per heavy atom. The zero-order chi connectivity index (χ0) is 14.8. The Balaban J connectivity index is 2.10. The minimum Gasteiger partial charge on any atom is -0.395 e. The lowest BCUT2D eigenvalue weighted by molar-refractivity contribution is 0.306. The quantitative estimate of drug-likeness (QED) is 0.840. The van der Waals surface area contributed by atoms with E-state index in [0.29, 0.717) is 5.92 Å². The van der Waals surface area contributed by atoms with Gasteiger partial charge in [-0.1, -0.05) is 19.4 Å². The van der Waals surface area contributed by atoms with Gasteiger partial charge in [0.25, 0.3) is 0 Å². The Hall–Kier alpha value is -1.14. The second kappa shape index (κ2) is 6.10. The summed E-state index contributed by atoms with van der Waals surface area (Å²) >= 11 is 0. The summed E-state index contributed by atoms with van der Waals surface area (Å²) in [5.41, 5.74) is 5.21. The van der Waals surface area contributed by atoms with Gasteiger partial charge in [0.2, 0.25) is 10.0 Å². The number of halogens is 1. The molecule has 0 unspecified atom stereocenters. The van der Waals surface area contributed by atoms with Crippen molar-refractivity contribution < 1.29 is 12.8 Å². The molecule has 0 aliphatic heterocycles. The summed E-state index contributed by atoms with van der Waals surface area (Å²) in [6, 6.07) is 3.76. The molecule has 3 N–H and O–H groups in total. The zero-order valence-corrected chi connectivity index (χ0v) is 12.4. The van der Waals surface area contributed by atoms with Gasteiger partial charge in [-0.3, -0.25) is 0 Å². The van der Waals surface area contributed by atoms with Crippen molar-refractivity contribution in [2.75, 3.05) is 5.73 Å². The Labute approximate surface area is 119 Å². The maximum atomic E-state index is 13.4. The molecule has 0 atom stereocenters. The third-order valence-corrected chi connectivity index (χ3v) is 5.63. The van der Waals surface area contributed by atoms with Gasteiger partial charge in [0.15, 0.2) is 0 Å². The van der Waals surface area contributed by atoms with Crippen LogP contribution in [0.2, 0.25) is 0 Å². The van der Waals surface area contributed by atoms with Crippen LogP contribution in [0, 0.1) is 11.7 Å². The van der Waals surface area contributed by atoms with Gasteiger partial charge in [-0.25, -0.2) is 17.5 Å². The minimum atomic E-state index is -3.75. The van der Waals surface area contributed by atoms with E-state index < -0.39 is 15.8 Å². The molecule has 6 heteroatoms. The van der Waals surface area contributed by atoms with Crippen molar-refractivity contribution in [2.45, 2.75) is 50.0 Å². The molecule has 1 aliphatic rings. The van der Waals surface area contributed by atoms with Crippen molar-refractivity contribution in [1.29, 1.82) is 0 Å². The molecule has 20 heavy (non-hydrogen) atoms. The maximum Gasteiger partial charge on any atom is 0.242 e. The molecular formula is C14H21FN2O2S. The lowest BCUT2D eigenvalue weighted by Crippen LogP contribution is -2.37. The van der Waals surface area contributed by atoms with Crippen molar-refractivity contribution in [1.82, 2.24) is 4.72 Å². The van der Waals surface area contributed by atoms with Gasteiger partial charge in [0, 0.05) is 6.04 Å². The number of para-hydroxylation sites is 1. The van der Waals surface area contributed by atoms with Crippen LogP contribution in [0.3, 0.4) is 0 Å². The highest BCUT2D eigenvalue weighted by Gasteiger charge is 2.26. The predicted octanol–water partition coefficient (Wildman–Crippen LogP) is 2.66. The number of sulfonamides is 1. The lowest BCUT2D eigenvalue weighted by Gasteiger charge is -2.28. The smallest absolute Gasteiger partial charge is 0.242 e. The van der Waals surface area contributed by atoms with Crippen molar-refractivity contribution in [3.05, 3.63) is 24.0 Å². The molecule has 1 aromatic carbocycles. The van der Waals surface area contributed by atoms with Crippen LogP contribution in [0.25, 0.3) is 0 Å². The maximum absolute atomic E-state index is 13.4. The molecule has 4 nitrogen and oxygen atoms in total. The number of nitrogen functional groups attached to an aromatic ring is 1. The van der Waals surface area contributed by atoms with E-state index in [0.717, 1.165) is 38.2 Å². The third kappa shape index (κ3) is 3.30. The first-order chi connectivity index (χ1) is 9.44. The van der Waals surface area contributed by atoms with E-state index in [1.54, 1.807) is 0 Å². The molecule has 112 valence electrons. The van der Waals surface area contributed by atoms with Gasteiger partial charge < -0.3 is 5.73 Å². The number of rotatable bonds is 4. The molecule has 0 heterocycles. The first kappa shape index (κ1) is 15.3. The van der Waals surface area contributed by atoms with E-state index in [1.807, 2.05) is 0 Å². The van der Waals surface area contributed by atoms with E-state index >= 15 is 0 Å². The Bertz CT molecular complexity index is 567. The van der Waals surface area contributed by atoms with Crippen LogP contribution in [0.1, 0.15) is 39.0 Å². The number of benzene rings is 1. The molecule has 1 aliphatic carbocycles. The van der Waals surface area contributed by atoms with Crippen LogP contribution in [-0.4, -0.2) is 14.5 Å². The summed E-state index contributed by atoms with van der Waals surface area (Å²) in [7, 11) is -3.75. The van der Waals surface area contributed by atoms with Gasteiger partial charge >= 0.3 is 0 Å². The second-order valence-electron chi connectivity index (χ2n) is 5.40. The topological polar surface area (TPSA) is 72.2 Å². The molecule has 0 amide bonds. The minimum absolute atomic E-state index is 0.0783. The lowest BCUT2D eigenvalue weighted by atomic mass is 9.85. The number of hydrogen-bond acceptors (Lipinski definition) is 3. The van der Waals surface area contributed by atoms with E-state index in [1.165, 1.54) is 12.1 Å². The van der Waals surface area contributed by atoms with Crippen molar-refractivity contribution in [3.63, 3.8) is 0 Å². The molecule has 0 bridgehead atoms. The first-order valence-electron chi connectivity index (χ1n) is 7.00. The normalized spacial score (nSPS) is 23.7. The average molecular weight is 300 g/mol. The number of hydrogen-bond donors (Lipinski definition) is 2. The van der Waals surface area contributed by atoms with Crippen LogP contribution >= 0.6 is 0 Å². The summed E-state index contributed by atoms with van der Waals surface area (Å²) in [5.74, 6) is -0.0161. The monoisotopic (exact) mass is 300 g/mol. The highest BCUT2D eigenvalue weighted by molar-refractivity contribution is 7.89. The van der Waals surface area contributed by atoms with Gasteiger partial charge in [-0.2, -0.15) is 0 Å². The van der Waals surface area contributed by atoms with Gasteiger partial charge in [0.1, 0.15) is 10.7 Å². The van der Waals surface area contributed by atoms with Gasteiger partial charge in [-0.05, 0) is 43.7 Å². The number of nitrogens with two attached hydrogens (primary N) is 1. The van der Waals surface area contributed by atoms with E-state index in [9.17, 15) is 12.8 Å². The fraction of sp³-hybridized carbons (Fsp3) is 0.571. The largest absolute Gasteiger partial charge is 0.395 e. The summed E-state index contributed by atoms with van der Waals surface area (Å²) in [4.78, 5) is -0.171. The highest BCUT2D eigenvalue weighted by atomic mass is 32.2. The molecule has 0 aromatic heterocycles. The number of nitrogens with one attached hydrogen (secondary N) is 1. The Kier molecular flexibility index (Phi) is 4.65. The molecule has 0 saturated heterocycles. The number of anilines is 1. The fourth-order valence-electron chi connectivity index (χ4n) is 2.72. The van der Waals surface area contributed by atoms with Crippen LogP contribution in [0.15, 0.2) is 23.1 Å². The van der Waals surface area contributed by atoms with Crippen LogP contribution in [0.5, 0.6) is 0 Å². The summed E-state index contributed by atoms with van der Waals surface area (Å²) < 4.78 is 40.6. The van der Waals surface area contributed by atoms with Crippen molar-refractivity contribution >= 4 is 15.7 Å². The fourth-order valence-corrected chi connectivity index (χ4v) is 4.17. The van der Waals surface area contributed by atoms with Crippen LogP contribution in [-0.2, 0) is 10.0 Å². The summed E-state index contributed by atoms with van der Waals surface area (Å²) in [6.07, 6.45) is 4.85. The summed E-state index contributed by atoms with van der Waals surface area (Å²) in [5, 5.41) is 0. The predicted molar refractivity (Wildman–Crippen MR) is 77.2 cm³/mol. The molecular weight excluding hydrogens is 279 g/mol. The van der Waals surface area contributed by atoms with Crippen LogP contribution in [0.4, 0.5) is 10.1 Å². The van der Waals surface area contributed by atoms with Crippen molar-refractivity contribution in [3.8, 4) is 0 Å². The first-order valence-corrected chi connectivity index (χ1v) is 8.48. The highest BCUT2D eigenvalue weighted by Crippen LogP contribution is 2.28. The Morgan fingerprint density at radius 1 is 1.30 bits per heavy atom. The molecule has 1 fully saturated rings. The van der Waals surface area contributed by atoms with E-state index in [2.05, 4.69) is 11.6 Å². The molecule has 2 rings (SSSR count). The molecule has 1 aromatic rings. The summed E-state index contributed by atoms with van der Waals surface area (Å²) in [6.45, 7) is 2.16. The van der Waals surface area contributed by atoms with E-state index in [-0.39, 0.29) is 16.6 Å². The zero-order valence-electron chi connectivity index (χ0n) is 11.6. The van der Waals surface area contributed by atoms with Gasteiger partial charge in [-0.15, -0.1) is 0 Å². The molecule has 0 radical (unpaired) electrons. The van der Waals surface area contributed by atoms with Gasteiger partial charge in [0.05, 0.1) is 5.69 Å². The molecule has 0 spiro atoms. The SMILES string of the molecule is CCC1CCC(NS(=O)(=O)c2cccc(F)c2N)CC1. The average Bonchev–Trinajstić information content (AvgIpc) is 2.42. The van der Waals surface area contributed by atoms with Crippen LogP contribution < -0.4 is 10.5 Å². The third-order valence-electron chi connectivity index (χ3n) is 4.05. The Morgan fingerprint density at radius 2 is 1.95 bits per heavy atom. The second-order valence-corrected chi connectivity index (χ2v) is 7.08. The molecule has 1 saturated carbocycles. The standard InChI is InChI=1S/C14H21FN2O2S/c1-2-10-6-8-11(9-7-10)17-20(18,19)13-5-3-4-12(15)14(13)16/h3-5,10-11,17H,2,6-9,16H2,1H3. The van der Waals surface area contributed by atoms with E-state index in [4.69, 9.17) is 5.73 Å². The van der Waals surface area contributed by atoms with Crippen molar-refractivity contribution in [2.24, 2.45) is 5.92 Å².